The van der Waals surface area contributed by atoms with E-state index in [2.05, 4.69) is 11.3 Å². The van der Waals surface area contributed by atoms with E-state index in [1.54, 1.807) is 0 Å². The van der Waals surface area contributed by atoms with E-state index in [-0.39, 0.29) is 6.42 Å². The number of ether oxygens (including phenoxy) is 1. The normalized spacial score (nSPS) is 15.5. The predicted molar refractivity (Wildman–Crippen MR) is 36.5 cm³/mol. The third-order valence-corrected chi connectivity index (χ3v) is 1.22. The Morgan fingerprint density at radius 3 is 2.45 bits per heavy atom. The summed E-state index contributed by atoms with van der Waals surface area (Å²) in [6.45, 7) is 1.29. The van der Waals surface area contributed by atoms with Crippen molar-refractivity contribution in [1.29, 1.82) is 0 Å². The van der Waals surface area contributed by atoms with Gasteiger partial charge in [0, 0.05) is 6.42 Å². The van der Waals surface area contributed by atoms with Crippen molar-refractivity contribution in [2.24, 2.45) is 0 Å². The van der Waals surface area contributed by atoms with Crippen LogP contribution in [0.5, 0.6) is 0 Å². The van der Waals surface area contributed by atoms with Gasteiger partial charge in [0.25, 0.3) is 0 Å². The molecule has 0 aliphatic rings. The van der Waals surface area contributed by atoms with E-state index in [1.807, 2.05) is 0 Å². The third-order valence-electron chi connectivity index (χ3n) is 1.22. The van der Waals surface area contributed by atoms with Gasteiger partial charge < -0.3 is 4.74 Å². The molecule has 0 N–H and O–H groups in total. The molecule has 0 amide bonds. The van der Waals surface area contributed by atoms with Crippen molar-refractivity contribution < 1.29 is 17.9 Å². The molecule has 0 aliphatic carbocycles. The first-order valence-corrected chi connectivity index (χ1v) is 3.28. The average Bonchev–Trinajstić information content (AvgIpc) is 2.03. The van der Waals surface area contributed by atoms with Crippen molar-refractivity contribution in [2.45, 2.75) is 18.7 Å². The smallest absolute Gasteiger partial charge is 0.165 e. The summed E-state index contributed by atoms with van der Waals surface area (Å²) in [4.78, 5) is 0. The van der Waals surface area contributed by atoms with E-state index in [9.17, 15) is 13.2 Å². The summed E-state index contributed by atoms with van der Waals surface area (Å²) in [6, 6.07) is 0. The number of hydrogen-bond donors (Lipinski definition) is 0. The first-order chi connectivity index (χ1) is 5.26. The largest absolute Gasteiger partial charge is 0.495 e. The van der Waals surface area contributed by atoms with Crippen LogP contribution in [0, 0.1) is 0 Å². The Bertz CT molecular complexity index is 108. The van der Waals surface area contributed by atoms with Crippen molar-refractivity contribution in [3.8, 4) is 0 Å². The van der Waals surface area contributed by atoms with Crippen LogP contribution in [0.15, 0.2) is 12.8 Å². The van der Waals surface area contributed by atoms with E-state index in [1.165, 1.54) is 0 Å². The Morgan fingerprint density at radius 1 is 1.45 bits per heavy atom. The second-order valence-corrected chi connectivity index (χ2v) is 1.99. The Kier molecular flexibility index (Phi) is 5.70. The Balaban J connectivity index is 3.75. The summed E-state index contributed by atoms with van der Waals surface area (Å²) < 4.78 is 40.3. The number of halogens is 3. The van der Waals surface area contributed by atoms with Gasteiger partial charge in [-0.1, -0.05) is 6.58 Å². The zero-order chi connectivity index (χ0) is 8.69. The fraction of sp³-hybridized carbons (Fsp3) is 0.714. The summed E-state index contributed by atoms with van der Waals surface area (Å²) >= 11 is 0. The lowest BCUT2D eigenvalue weighted by atomic mass is 10.2. The highest BCUT2D eigenvalue weighted by Gasteiger charge is 2.20. The van der Waals surface area contributed by atoms with Gasteiger partial charge in [-0.25, -0.2) is 8.78 Å². The second-order valence-electron chi connectivity index (χ2n) is 1.99. The van der Waals surface area contributed by atoms with Crippen LogP contribution in [0.3, 0.4) is 0 Å². The maximum absolute atomic E-state index is 12.5. The third kappa shape index (κ3) is 3.91. The minimum Gasteiger partial charge on any atom is -0.495 e. The molecule has 0 aromatic rings. The summed E-state index contributed by atoms with van der Waals surface area (Å²) in [5.41, 5.74) is 0. The number of rotatable bonds is 6. The van der Waals surface area contributed by atoms with Gasteiger partial charge >= 0.3 is 0 Å². The van der Waals surface area contributed by atoms with Crippen molar-refractivity contribution in [3.05, 3.63) is 12.8 Å². The van der Waals surface area contributed by atoms with Crippen LogP contribution in [0.2, 0.25) is 0 Å². The zero-order valence-electron chi connectivity index (χ0n) is 6.10. The van der Waals surface area contributed by atoms with E-state index in [4.69, 9.17) is 0 Å². The van der Waals surface area contributed by atoms with Gasteiger partial charge in [0.2, 0.25) is 0 Å². The van der Waals surface area contributed by atoms with E-state index < -0.39 is 25.6 Å². The van der Waals surface area contributed by atoms with Crippen LogP contribution in [0.25, 0.3) is 0 Å². The Hall–Kier alpha value is -0.670. The minimum atomic E-state index is -1.76. The topological polar surface area (TPSA) is 9.23 Å². The molecule has 0 radical (unpaired) electrons. The highest BCUT2D eigenvalue weighted by atomic mass is 19.2. The molecule has 2 atom stereocenters. The van der Waals surface area contributed by atoms with Crippen LogP contribution in [0.1, 0.15) is 6.42 Å². The molecule has 4 heteroatoms. The van der Waals surface area contributed by atoms with Gasteiger partial charge in [-0.3, -0.25) is 4.39 Å². The quantitative estimate of drug-likeness (QED) is 0.552. The minimum absolute atomic E-state index is 0.142. The molecule has 0 aliphatic heterocycles. The second kappa shape index (κ2) is 6.07. The fourth-order valence-corrected chi connectivity index (χ4v) is 0.665. The zero-order valence-corrected chi connectivity index (χ0v) is 6.10. The van der Waals surface area contributed by atoms with E-state index in [0.29, 0.717) is 0 Å². The molecule has 1 nitrogen and oxygen atoms in total. The van der Waals surface area contributed by atoms with Gasteiger partial charge in [0.15, 0.2) is 6.17 Å². The number of alkyl halides is 3. The molecule has 0 spiro atoms. The maximum atomic E-state index is 12.5. The van der Waals surface area contributed by atoms with Crippen molar-refractivity contribution in [2.75, 3.05) is 13.3 Å². The van der Waals surface area contributed by atoms with Gasteiger partial charge in [-0.2, -0.15) is 0 Å². The van der Waals surface area contributed by atoms with E-state index in [0.717, 1.165) is 6.26 Å². The lowest BCUT2D eigenvalue weighted by Crippen LogP contribution is -2.26. The number of hydrogen-bond acceptors (Lipinski definition) is 1. The maximum Gasteiger partial charge on any atom is 0.165 e. The van der Waals surface area contributed by atoms with Gasteiger partial charge in [0.05, 0.1) is 12.9 Å². The monoisotopic (exact) mass is 168 g/mol. The van der Waals surface area contributed by atoms with E-state index >= 15 is 0 Å². The first kappa shape index (κ1) is 10.3. The lowest BCUT2D eigenvalue weighted by molar-refractivity contribution is 0.0375. The van der Waals surface area contributed by atoms with Crippen LogP contribution in [0.4, 0.5) is 13.2 Å². The molecule has 2 unspecified atom stereocenters. The van der Waals surface area contributed by atoms with Crippen molar-refractivity contribution >= 4 is 0 Å². The predicted octanol–water partition coefficient (Wildman–Crippen LogP) is 2.18. The summed E-state index contributed by atoms with van der Waals surface area (Å²) in [7, 11) is 0. The van der Waals surface area contributed by atoms with Gasteiger partial charge in [-0.15, -0.1) is 0 Å². The molecule has 0 saturated carbocycles. The van der Waals surface area contributed by atoms with Crippen molar-refractivity contribution in [3.63, 3.8) is 0 Å². The molecule has 0 bridgehead atoms. The fourth-order valence-electron chi connectivity index (χ4n) is 0.665. The first-order valence-electron chi connectivity index (χ1n) is 3.28. The SMILES string of the molecule is C=COC(CCF)C(F)CF. The molecule has 0 saturated heterocycles. The molecular weight excluding hydrogens is 157 g/mol. The Morgan fingerprint density at radius 2 is 2.09 bits per heavy atom. The van der Waals surface area contributed by atoms with Crippen LogP contribution < -0.4 is 0 Å². The molecule has 11 heavy (non-hydrogen) atoms. The van der Waals surface area contributed by atoms with Crippen LogP contribution in [-0.2, 0) is 4.74 Å². The standard InChI is InChI=1S/C7H11F3O/c1-2-11-7(3-4-8)6(10)5-9/h2,6-7H,1,3-5H2. The lowest BCUT2D eigenvalue weighted by Gasteiger charge is -2.16. The molecule has 0 rings (SSSR count). The Labute approximate surface area is 63.8 Å². The van der Waals surface area contributed by atoms with Gasteiger partial charge in [-0.05, 0) is 0 Å². The molecule has 0 fully saturated rings. The molecule has 66 valence electrons. The highest BCUT2D eigenvalue weighted by Crippen LogP contribution is 2.09. The summed E-state index contributed by atoms with van der Waals surface area (Å²) in [5.74, 6) is 0. The van der Waals surface area contributed by atoms with Gasteiger partial charge in [0.1, 0.15) is 12.8 Å². The summed E-state index contributed by atoms with van der Waals surface area (Å²) in [5, 5.41) is 0. The highest BCUT2D eigenvalue weighted by molar-refractivity contribution is 4.71. The summed E-state index contributed by atoms with van der Waals surface area (Å²) in [6.07, 6.45) is -1.95. The molecular formula is C7H11F3O. The van der Waals surface area contributed by atoms with Crippen LogP contribution in [-0.4, -0.2) is 25.6 Å². The van der Waals surface area contributed by atoms with Crippen molar-refractivity contribution in [1.82, 2.24) is 0 Å². The average molecular weight is 168 g/mol. The molecule has 0 heterocycles. The molecule has 0 aromatic heterocycles. The molecule has 0 aromatic carbocycles. The van der Waals surface area contributed by atoms with Crippen LogP contribution >= 0.6 is 0 Å².